The molecule has 0 aliphatic rings. The Balaban J connectivity index is 0.00000450. The Morgan fingerprint density at radius 1 is 0.533 bits per heavy atom. The van der Waals surface area contributed by atoms with Crippen molar-refractivity contribution in [2.24, 2.45) is 0 Å². The SMILES string of the molecule is CC(C)[Si](Cc1ccccc1)([N-][Si](Cc1ccccc1)(C(C)C)C(C)C)C(C)C.[Na+]. The first kappa shape index (κ1) is 27.9. The van der Waals surface area contributed by atoms with E-state index in [9.17, 15) is 0 Å². The second kappa shape index (κ2) is 12.2. The summed E-state index contributed by atoms with van der Waals surface area (Å²) in [6, 6.07) is 24.6. The van der Waals surface area contributed by atoms with Crippen LogP contribution >= 0.6 is 0 Å². The zero-order valence-electron chi connectivity index (χ0n) is 20.9. The Bertz CT molecular complexity index is 650. The molecular weight excluding hydrogens is 405 g/mol. The summed E-state index contributed by atoms with van der Waals surface area (Å²) in [6.07, 6.45) is 0. The fraction of sp³-hybridized carbons (Fsp3) is 0.538. The van der Waals surface area contributed by atoms with Gasteiger partial charge in [-0.1, -0.05) is 161 Å². The van der Waals surface area contributed by atoms with Crippen LogP contribution in [0.2, 0.25) is 22.2 Å². The van der Waals surface area contributed by atoms with E-state index in [0.717, 1.165) is 0 Å². The first-order valence-corrected chi connectivity index (χ1v) is 16.1. The average molecular weight is 448 g/mol. The number of rotatable bonds is 10. The molecule has 2 aromatic carbocycles. The van der Waals surface area contributed by atoms with Gasteiger partial charge in [0.2, 0.25) is 0 Å². The van der Waals surface area contributed by atoms with Crippen LogP contribution in [0.1, 0.15) is 66.5 Å². The number of nitrogens with zero attached hydrogens (tertiary/aromatic N) is 1. The molecule has 30 heavy (non-hydrogen) atoms. The third kappa shape index (κ3) is 6.43. The molecule has 0 aliphatic carbocycles. The Morgan fingerprint density at radius 3 is 1.03 bits per heavy atom. The summed E-state index contributed by atoms with van der Waals surface area (Å²) in [5.41, 5.74) is 5.51. The average Bonchev–Trinajstić information content (AvgIpc) is 2.67. The quantitative estimate of drug-likeness (QED) is 0.429. The van der Waals surface area contributed by atoms with Gasteiger partial charge >= 0.3 is 29.6 Å². The van der Waals surface area contributed by atoms with E-state index >= 15 is 0 Å². The molecule has 0 aliphatic heterocycles. The molecule has 0 unspecified atom stereocenters. The van der Waals surface area contributed by atoms with Crippen molar-refractivity contribution in [1.29, 1.82) is 0 Å². The molecular formula is C26H42NNaSi2. The maximum atomic E-state index is 6.21. The van der Waals surface area contributed by atoms with Gasteiger partial charge in [-0.15, -0.1) is 0 Å². The number of hydrogen-bond acceptors (Lipinski definition) is 0. The summed E-state index contributed by atoms with van der Waals surface area (Å²) >= 11 is 0. The van der Waals surface area contributed by atoms with Crippen molar-refractivity contribution >= 4 is 16.5 Å². The maximum absolute atomic E-state index is 6.21. The first-order valence-electron chi connectivity index (χ1n) is 11.5. The van der Waals surface area contributed by atoms with Crippen LogP contribution in [-0.2, 0) is 12.1 Å². The summed E-state index contributed by atoms with van der Waals surface area (Å²) in [7, 11) is -3.84. The van der Waals surface area contributed by atoms with Crippen LogP contribution in [0.15, 0.2) is 60.7 Å². The minimum atomic E-state index is -1.92. The van der Waals surface area contributed by atoms with Gasteiger partial charge in [0, 0.05) is 0 Å². The molecule has 0 spiro atoms. The van der Waals surface area contributed by atoms with Gasteiger partial charge in [-0.05, 0) is 16.5 Å². The molecule has 1 nitrogen and oxygen atoms in total. The molecule has 2 rings (SSSR count). The third-order valence-corrected chi connectivity index (χ3v) is 20.4. The van der Waals surface area contributed by atoms with E-state index in [2.05, 4.69) is 116 Å². The summed E-state index contributed by atoms with van der Waals surface area (Å²) < 4.78 is 6.21. The predicted octanol–water partition coefficient (Wildman–Crippen LogP) is 5.46. The minimum absolute atomic E-state index is 0. The fourth-order valence-corrected chi connectivity index (χ4v) is 18.9. The van der Waals surface area contributed by atoms with E-state index in [1.54, 1.807) is 0 Å². The van der Waals surface area contributed by atoms with Gasteiger partial charge in [0.25, 0.3) is 0 Å². The van der Waals surface area contributed by atoms with Crippen LogP contribution in [0, 0.1) is 0 Å². The fourth-order valence-electron chi connectivity index (χ4n) is 4.98. The van der Waals surface area contributed by atoms with Gasteiger partial charge < -0.3 is 4.65 Å². The van der Waals surface area contributed by atoms with Crippen LogP contribution in [-0.4, -0.2) is 16.5 Å². The molecule has 2 aromatic rings. The normalized spacial score (nSPS) is 12.7. The minimum Gasteiger partial charge on any atom is -0.665 e. The van der Waals surface area contributed by atoms with E-state index in [4.69, 9.17) is 4.65 Å². The number of hydrogen-bond donors (Lipinski definition) is 0. The number of benzene rings is 2. The van der Waals surface area contributed by atoms with Crippen molar-refractivity contribution < 1.29 is 29.6 Å². The summed E-state index contributed by atoms with van der Waals surface area (Å²) in [6.45, 7) is 19.6. The zero-order chi connectivity index (χ0) is 21.7. The van der Waals surface area contributed by atoms with E-state index in [-0.39, 0.29) is 29.6 Å². The molecule has 0 N–H and O–H groups in total. The Morgan fingerprint density at radius 2 is 0.800 bits per heavy atom. The summed E-state index contributed by atoms with van der Waals surface area (Å²) in [5.74, 6) is 0. The van der Waals surface area contributed by atoms with Crippen LogP contribution in [0.4, 0.5) is 0 Å². The molecule has 0 saturated carbocycles. The van der Waals surface area contributed by atoms with Crippen LogP contribution < -0.4 is 29.6 Å². The van der Waals surface area contributed by atoms with Gasteiger partial charge in [-0.3, -0.25) is 0 Å². The Labute approximate surface area is 210 Å². The molecule has 0 fully saturated rings. The third-order valence-electron chi connectivity index (χ3n) is 7.08. The summed E-state index contributed by atoms with van der Waals surface area (Å²) in [5, 5.41) is 0. The largest absolute Gasteiger partial charge is 1.00 e. The standard InChI is InChI=1S/C26H42NSi2.Na/c1-21(2)28(22(3)4,19-25-15-11-9-12-16-25)27-29(23(5)6,24(7)8)20-26-17-13-10-14-18-26;/h9-18,21-24H,19-20H2,1-8H3;/q-1;+1. The summed E-state index contributed by atoms with van der Waals surface area (Å²) in [4.78, 5) is 0. The van der Waals surface area contributed by atoms with Crippen molar-refractivity contribution in [3.05, 3.63) is 76.4 Å². The van der Waals surface area contributed by atoms with E-state index < -0.39 is 16.5 Å². The van der Waals surface area contributed by atoms with Crippen molar-refractivity contribution in [1.82, 2.24) is 0 Å². The Hall–Kier alpha value is -0.166. The topological polar surface area (TPSA) is 14.1 Å². The van der Waals surface area contributed by atoms with Gasteiger partial charge in [-0.25, -0.2) is 0 Å². The van der Waals surface area contributed by atoms with Gasteiger partial charge in [0.15, 0.2) is 0 Å². The maximum Gasteiger partial charge on any atom is 1.00 e. The molecule has 4 heteroatoms. The van der Waals surface area contributed by atoms with Crippen LogP contribution in [0.5, 0.6) is 0 Å². The van der Waals surface area contributed by atoms with E-state index in [0.29, 0.717) is 22.2 Å². The first-order chi connectivity index (χ1) is 13.6. The molecule has 0 bridgehead atoms. The van der Waals surface area contributed by atoms with Gasteiger partial charge in [0.1, 0.15) is 0 Å². The molecule has 0 aromatic heterocycles. The molecule has 160 valence electrons. The van der Waals surface area contributed by atoms with E-state index in [1.165, 1.54) is 23.2 Å². The van der Waals surface area contributed by atoms with Crippen LogP contribution in [0.3, 0.4) is 0 Å². The van der Waals surface area contributed by atoms with Crippen molar-refractivity contribution in [3.8, 4) is 0 Å². The molecule has 0 atom stereocenters. The van der Waals surface area contributed by atoms with Crippen molar-refractivity contribution in [2.75, 3.05) is 0 Å². The predicted molar refractivity (Wildman–Crippen MR) is 136 cm³/mol. The van der Waals surface area contributed by atoms with Gasteiger partial charge in [0.05, 0.1) is 0 Å². The van der Waals surface area contributed by atoms with E-state index in [1.807, 2.05) is 0 Å². The van der Waals surface area contributed by atoms with Crippen molar-refractivity contribution in [2.45, 2.75) is 89.6 Å². The second-order valence-electron chi connectivity index (χ2n) is 10.0. The molecule has 0 radical (unpaired) electrons. The smallest absolute Gasteiger partial charge is 0.665 e. The van der Waals surface area contributed by atoms with Gasteiger partial charge in [-0.2, -0.15) is 0 Å². The molecule has 0 heterocycles. The zero-order valence-corrected chi connectivity index (χ0v) is 24.9. The molecule has 0 saturated heterocycles. The van der Waals surface area contributed by atoms with Crippen LogP contribution in [0.25, 0.3) is 4.65 Å². The van der Waals surface area contributed by atoms with Crippen molar-refractivity contribution in [3.63, 3.8) is 0 Å². The monoisotopic (exact) mass is 447 g/mol. The Kier molecular flexibility index (Phi) is 11.3. The molecule has 0 amide bonds. The second-order valence-corrected chi connectivity index (χ2v) is 20.2.